The van der Waals surface area contributed by atoms with Gasteiger partial charge in [0.15, 0.2) is 11.6 Å². The number of amides is 2. The van der Waals surface area contributed by atoms with Crippen LogP contribution in [0.2, 0.25) is 0 Å². The molecule has 2 atom stereocenters. The Balaban J connectivity index is 2.34. The smallest absolute Gasteiger partial charge is 0.315 e. The fourth-order valence-electron chi connectivity index (χ4n) is 1.81. The maximum atomic E-state index is 13.4. The van der Waals surface area contributed by atoms with Crippen molar-refractivity contribution in [3.8, 4) is 5.75 Å². The minimum Gasteiger partial charge on any atom is -0.486 e. The molecular weight excluding hydrogens is 275 g/mol. The third-order valence-electron chi connectivity index (χ3n) is 3.02. The normalized spacial score (nSPS) is 13.3. The molecule has 0 spiro atoms. The van der Waals surface area contributed by atoms with Crippen LogP contribution in [0.3, 0.4) is 0 Å². The fourth-order valence-corrected chi connectivity index (χ4v) is 1.81. The number of para-hydroxylation sites is 1. The average molecular weight is 298 g/mol. The third kappa shape index (κ3) is 6.44. The number of rotatable bonds is 8. The lowest BCUT2D eigenvalue weighted by atomic mass is 10.2. The summed E-state index contributed by atoms with van der Waals surface area (Å²) in [6, 6.07) is 5.76. The summed E-state index contributed by atoms with van der Waals surface area (Å²) >= 11 is 0. The molecule has 0 aliphatic heterocycles. The van der Waals surface area contributed by atoms with E-state index in [2.05, 4.69) is 10.6 Å². The first-order chi connectivity index (χ1) is 10.1. The van der Waals surface area contributed by atoms with Gasteiger partial charge < -0.3 is 20.5 Å². The summed E-state index contributed by atoms with van der Waals surface area (Å²) in [4.78, 5) is 11.7. The second-order valence-corrected chi connectivity index (χ2v) is 4.83. The number of carbonyl (C=O) groups excluding carboxylic acids is 1. The molecule has 0 heterocycles. The Labute approximate surface area is 124 Å². The lowest BCUT2D eigenvalue weighted by Gasteiger charge is -2.19. The summed E-state index contributed by atoms with van der Waals surface area (Å²) in [7, 11) is 0. The summed E-state index contributed by atoms with van der Waals surface area (Å²) in [5, 5.41) is 14.3. The van der Waals surface area contributed by atoms with E-state index < -0.39 is 5.82 Å². The molecule has 0 fully saturated rings. The number of carbonyl (C=O) groups is 1. The van der Waals surface area contributed by atoms with Crippen molar-refractivity contribution < 1.29 is 19.0 Å². The highest BCUT2D eigenvalue weighted by Gasteiger charge is 2.12. The number of halogens is 1. The second kappa shape index (κ2) is 9.18. The van der Waals surface area contributed by atoms with Crippen LogP contribution in [0.5, 0.6) is 5.75 Å². The molecule has 2 amide bonds. The monoisotopic (exact) mass is 298 g/mol. The van der Waals surface area contributed by atoms with Crippen LogP contribution in [0.1, 0.15) is 26.7 Å². The Morgan fingerprint density at radius 1 is 1.43 bits per heavy atom. The van der Waals surface area contributed by atoms with Crippen LogP contribution in [0.4, 0.5) is 9.18 Å². The molecule has 0 aliphatic carbocycles. The van der Waals surface area contributed by atoms with E-state index in [0.29, 0.717) is 6.42 Å². The number of hydrogen-bond donors (Lipinski definition) is 3. The maximum absolute atomic E-state index is 13.4. The zero-order chi connectivity index (χ0) is 15.7. The van der Waals surface area contributed by atoms with Crippen molar-refractivity contribution >= 4 is 6.03 Å². The molecule has 0 saturated carbocycles. The van der Waals surface area contributed by atoms with E-state index in [4.69, 9.17) is 9.84 Å². The van der Waals surface area contributed by atoms with Gasteiger partial charge in [-0.2, -0.15) is 0 Å². The Kier molecular flexibility index (Phi) is 7.53. The largest absolute Gasteiger partial charge is 0.486 e. The van der Waals surface area contributed by atoms with Crippen molar-refractivity contribution in [2.75, 3.05) is 13.2 Å². The molecule has 0 radical (unpaired) electrons. The van der Waals surface area contributed by atoms with Crippen LogP contribution in [0.15, 0.2) is 24.3 Å². The van der Waals surface area contributed by atoms with E-state index >= 15 is 0 Å². The number of aliphatic hydroxyl groups is 1. The van der Waals surface area contributed by atoms with Crippen LogP contribution in [-0.4, -0.2) is 36.4 Å². The van der Waals surface area contributed by atoms with Gasteiger partial charge in [0.05, 0.1) is 6.54 Å². The molecule has 5 nitrogen and oxygen atoms in total. The predicted molar refractivity (Wildman–Crippen MR) is 78.8 cm³/mol. The van der Waals surface area contributed by atoms with Gasteiger partial charge in [0.1, 0.15) is 6.10 Å². The molecule has 6 heteroatoms. The molecule has 118 valence electrons. The summed E-state index contributed by atoms with van der Waals surface area (Å²) in [6.07, 6.45) is 0.908. The summed E-state index contributed by atoms with van der Waals surface area (Å²) < 4.78 is 18.8. The number of hydrogen-bond acceptors (Lipinski definition) is 3. The molecular formula is C15H23FN2O3. The van der Waals surface area contributed by atoms with E-state index in [1.165, 1.54) is 6.07 Å². The van der Waals surface area contributed by atoms with Gasteiger partial charge in [-0.25, -0.2) is 9.18 Å². The zero-order valence-corrected chi connectivity index (χ0v) is 12.4. The van der Waals surface area contributed by atoms with Gasteiger partial charge in [0.2, 0.25) is 0 Å². The highest BCUT2D eigenvalue weighted by Crippen LogP contribution is 2.16. The first-order valence-electron chi connectivity index (χ1n) is 7.13. The SMILES string of the molecule is CCC(CCO)NC(=O)NCC(C)Oc1ccccc1F. The van der Waals surface area contributed by atoms with Gasteiger partial charge in [-0.05, 0) is 31.9 Å². The lowest BCUT2D eigenvalue weighted by molar-refractivity contribution is 0.198. The van der Waals surface area contributed by atoms with Gasteiger partial charge in [-0.15, -0.1) is 0 Å². The Hall–Kier alpha value is -1.82. The molecule has 21 heavy (non-hydrogen) atoms. The zero-order valence-electron chi connectivity index (χ0n) is 12.4. The Bertz CT molecular complexity index is 443. The summed E-state index contributed by atoms with van der Waals surface area (Å²) in [6.45, 7) is 3.98. The number of benzene rings is 1. The predicted octanol–water partition coefficient (Wildman–Crippen LogP) is 2.05. The highest BCUT2D eigenvalue weighted by molar-refractivity contribution is 5.74. The van der Waals surface area contributed by atoms with Gasteiger partial charge in [0.25, 0.3) is 0 Å². The second-order valence-electron chi connectivity index (χ2n) is 4.83. The minimum atomic E-state index is -0.428. The van der Waals surface area contributed by atoms with Gasteiger partial charge in [0, 0.05) is 12.6 Å². The van der Waals surface area contributed by atoms with Crippen LogP contribution in [-0.2, 0) is 0 Å². The molecule has 1 rings (SSSR count). The fraction of sp³-hybridized carbons (Fsp3) is 0.533. The van der Waals surface area contributed by atoms with E-state index in [1.807, 2.05) is 6.92 Å². The molecule has 2 unspecified atom stereocenters. The number of ether oxygens (including phenoxy) is 1. The van der Waals surface area contributed by atoms with Crippen LogP contribution >= 0.6 is 0 Å². The van der Waals surface area contributed by atoms with E-state index in [-0.39, 0.29) is 37.1 Å². The Morgan fingerprint density at radius 3 is 2.76 bits per heavy atom. The first-order valence-corrected chi connectivity index (χ1v) is 7.13. The molecule has 0 bridgehead atoms. The van der Waals surface area contributed by atoms with Crippen LogP contribution in [0.25, 0.3) is 0 Å². The maximum Gasteiger partial charge on any atom is 0.315 e. The topological polar surface area (TPSA) is 70.6 Å². The third-order valence-corrected chi connectivity index (χ3v) is 3.02. The van der Waals surface area contributed by atoms with E-state index in [1.54, 1.807) is 25.1 Å². The molecule has 3 N–H and O–H groups in total. The van der Waals surface area contributed by atoms with Crippen molar-refractivity contribution in [3.05, 3.63) is 30.1 Å². The van der Waals surface area contributed by atoms with Gasteiger partial charge in [-0.1, -0.05) is 19.1 Å². The standard InChI is InChI=1S/C15H23FN2O3/c1-3-12(8-9-19)18-15(20)17-10-11(2)21-14-7-5-4-6-13(14)16/h4-7,11-12,19H,3,8-10H2,1-2H3,(H2,17,18,20). The van der Waals surface area contributed by atoms with Gasteiger partial charge >= 0.3 is 6.03 Å². The molecule has 1 aromatic carbocycles. The van der Waals surface area contributed by atoms with Crippen molar-refractivity contribution in [3.63, 3.8) is 0 Å². The summed E-state index contributed by atoms with van der Waals surface area (Å²) in [5.74, 6) is -0.262. The van der Waals surface area contributed by atoms with Crippen molar-refractivity contribution in [1.82, 2.24) is 10.6 Å². The van der Waals surface area contributed by atoms with Crippen molar-refractivity contribution in [2.45, 2.75) is 38.8 Å². The first kappa shape index (κ1) is 17.2. The Morgan fingerprint density at radius 2 is 2.14 bits per heavy atom. The number of nitrogens with one attached hydrogen (secondary N) is 2. The molecule has 0 aromatic heterocycles. The number of aliphatic hydroxyl groups excluding tert-OH is 1. The quantitative estimate of drug-likeness (QED) is 0.688. The molecule has 1 aromatic rings. The highest BCUT2D eigenvalue weighted by atomic mass is 19.1. The van der Waals surface area contributed by atoms with E-state index in [9.17, 15) is 9.18 Å². The average Bonchev–Trinajstić information content (AvgIpc) is 2.47. The van der Waals surface area contributed by atoms with E-state index in [0.717, 1.165) is 6.42 Å². The van der Waals surface area contributed by atoms with Crippen LogP contribution < -0.4 is 15.4 Å². The lowest BCUT2D eigenvalue weighted by Crippen LogP contribution is -2.45. The molecule has 0 aliphatic rings. The van der Waals surface area contributed by atoms with Crippen molar-refractivity contribution in [2.24, 2.45) is 0 Å². The minimum absolute atomic E-state index is 0.0333. The van der Waals surface area contributed by atoms with Crippen LogP contribution in [0, 0.1) is 5.82 Å². The molecule has 0 saturated heterocycles. The van der Waals surface area contributed by atoms with Crippen molar-refractivity contribution in [1.29, 1.82) is 0 Å². The van der Waals surface area contributed by atoms with Gasteiger partial charge in [-0.3, -0.25) is 0 Å². The summed E-state index contributed by atoms with van der Waals surface area (Å²) in [5.41, 5.74) is 0. The number of urea groups is 1.